The van der Waals surface area contributed by atoms with Crippen molar-refractivity contribution in [3.63, 3.8) is 0 Å². The number of pyridine rings is 1. The maximum absolute atomic E-state index is 11.1. The number of nitrogens with two attached hydrogens (primary N) is 1. The van der Waals surface area contributed by atoms with Crippen molar-refractivity contribution >= 4 is 5.91 Å². The predicted molar refractivity (Wildman–Crippen MR) is 54.6 cm³/mol. The second-order valence-corrected chi connectivity index (χ2v) is 3.13. The zero-order chi connectivity index (χ0) is 10.8. The molecule has 5 nitrogen and oxygen atoms in total. The fourth-order valence-electron chi connectivity index (χ4n) is 1.32. The summed E-state index contributed by atoms with van der Waals surface area (Å²) in [6, 6.07) is 7.06. The second kappa shape index (κ2) is 3.53. The first kappa shape index (κ1) is 9.39. The van der Waals surface area contributed by atoms with Crippen molar-refractivity contribution in [1.29, 1.82) is 0 Å². The summed E-state index contributed by atoms with van der Waals surface area (Å²) >= 11 is 0. The van der Waals surface area contributed by atoms with Gasteiger partial charge in [0.25, 0.3) is 5.91 Å². The molecule has 0 aliphatic heterocycles. The lowest BCUT2D eigenvalue weighted by Gasteiger charge is -2.04. The fourth-order valence-corrected chi connectivity index (χ4v) is 1.32. The Kier molecular flexibility index (Phi) is 2.21. The van der Waals surface area contributed by atoms with Gasteiger partial charge in [-0.3, -0.25) is 4.79 Å². The average Bonchev–Trinajstić information content (AvgIpc) is 2.65. The summed E-state index contributed by atoms with van der Waals surface area (Å²) in [6.45, 7) is 1.87. The number of aromatic nitrogens is 3. The largest absolute Gasteiger partial charge is 0.364 e. The first-order valence-electron chi connectivity index (χ1n) is 4.46. The quantitative estimate of drug-likeness (QED) is 0.778. The standard InChI is InChI=1S/C10H10N4O/c1-7-3-2-4-9(13-7)14-8(10(11)15)5-6-12-14/h2-6H,1H3,(H2,11,15). The number of amides is 1. The topological polar surface area (TPSA) is 73.8 Å². The molecule has 15 heavy (non-hydrogen) atoms. The number of carbonyl (C=O) groups excluding carboxylic acids is 1. The molecule has 0 aromatic carbocycles. The number of hydrogen-bond donors (Lipinski definition) is 1. The van der Waals surface area contributed by atoms with Gasteiger partial charge >= 0.3 is 0 Å². The van der Waals surface area contributed by atoms with E-state index >= 15 is 0 Å². The lowest BCUT2D eigenvalue weighted by Crippen LogP contribution is -2.17. The Morgan fingerprint density at radius 3 is 2.87 bits per heavy atom. The Balaban J connectivity index is 2.54. The normalized spacial score (nSPS) is 10.2. The minimum atomic E-state index is -0.518. The maximum Gasteiger partial charge on any atom is 0.267 e. The minimum absolute atomic E-state index is 0.327. The third-order valence-corrected chi connectivity index (χ3v) is 1.99. The Labute approximate surface area is 86.5 Å². The third-order valence-electron chi connectivity index (χ3n) is 1.99. The van der Waals surface area contributed by atoms with Gasteiger partial charge in [0.05, 0.1) is 6.20 Å². The van der Waals surface area contributed by atoms with Crippen LogP contribution in [0.15, 0.2) is 30.5 Å². The SMILES string of the molecule is Cc1cccc(-n2nccc2C(N)=O)n1. The molecule has 0 radical (unpaired) electrons. The van der Waals surface area contributed by atoms with Crippen LogP contribution in [0.4, 0.5) is 0 Å². The van der Waals surface area contributed by atoms with Crippen LogP contribution in [-0.2, 0) is 0 Å². The molecule has 76 valence electrons. The first-order valence-corrected chi connectivity index (χ1v) is 4.46. The van der Waals surface area contributed by atoms with Gasteiger partial charge in [0.2, 0.25) is 0 Å². The van der Waals surface area contributed by atoms with Crippen LogP contribution in [0.5, 0.6) is 0 Å². The van der Waals surface area contributed by atoms with Gasteiger partial charge in [-0.2, -0.15) is 5.10 Å². The van der Waals surface area contributed by atoms with Gasteiger partial charge in [-0.15, -0.1) is 0 Å². The number of hydrogen-bond acceptors (Lipinski definition) is 3. The van der Waals surface area contributed by atoms with Gasteiger partial charge in [-0.25, -0.2) is 9.67 Å². The van der Waals surface area contributed by atoms with E-state index in [0.717, 1.165) is 5.69 Å². The monoisotopic (exact) mass is 202 g/mol. The first-order chi connectivity index (χ1) is 7.18. The van der Waals surface area contributed by atoms with E-state index in [2.05, 4.69) is 10.1 Å². The summed E-state index contributed by atoms with van der Waals surface area (Å²) in [4.78, 5) is 15.3. The highest BCUT2D eigenvalue weighted by Gasteiger charge is 2.10. The van der Waals surface area contributed by atoms with Crippen LogP contribution >= 0.6 is 0 Å². The van der Waals surface area contributed by atoms with Gasteiger partial charge < -0.3 is 5.73 Å². The van der Waals surface area contributed by atoms with Crippen LogP contribution in [0.25, 0.3) is 5.82 Å². The molecule has 0 spiro atoms. The molecule has 2 N–H and O–H groups in total. The van der Waals surface area contributed by atoms with Crippen molar-refractivity contribution in [3.05, 3.63) is 41.9 Å². The highest BCUT2D eigenvalue weighted by Crippen LogP contribution is 2.07. The molecular formula is C10H10N4O. The molecule has 0 saturated carbocycles. The number of nitrogens with zero attached hydrogens (tertiary/aromatic N) is 3. The molecule has 0 saturated heterocycles. The molecule has 0 bridgehead atoms. The molecule has 0 aliphatic carbocycles. The van der Waals surface area contributed by atoms with Gasteiger partial charge in [0, 0.05) is 5.69 Å². The molecule has 0 fully saturated rings. The molecule has 2 rings (SSSR count). The molecule has 2 aromatic heterocycles. The maximum atomic E-state index is 11.1. The molecule has 2 aromatic rings. The van der Waals surface area contributed by atoms with E-state index in [1.54, 1.807) is 12.1 Å². The zero-order valence-corrected chi connectivity index (χ0v) is 8.21. The third kappa shape index (κ3) is 1.71. The summed E-state index contributed by atoms with van der Waals surface area (Å²) in [6.07, 6.45) is 1.52. The van der Waals surface area contributed by atoms with Gasteiger partial charge in [-0.05, 0) is 25.1 Å². The van der Waals surface area contributed by atoms with Crippen LogP contribution in [0.1, 0.15) is 16.2 Å². The van der Waals surface area contributed by atoms with Crippen LogP contribution in [0, 0.1) is 6.92 Å². The Bertz CT molecular complexity index is 504. The molecular weight excluding hydrogens is 192 g/mol. The van der Waals surface area contributed by atoms with Crippen molar-refractivity contribution in [3.8, 4) is 5.82 Å². The van der Waals surface area contributed by atoms with Crippen molar-refractivity contribution in [2.75, 3.05) is 0 Å². The van der Waals surface area contributed by atoms with Crippen molar-refractivity contribution < 1.29 is 4.79 Å². The lowest BCUT2D eigenvalue weighted by molar-refractivity contribution is 0.0993. The Morgan fingerprint density at radius 1 is 1.40 bits per heavy atom. The highest BCUT2D eigenvalue weighted by atomic mass is 16.1. The number of primary amides is 1. The molecule has 2 heterocycles. The van der Waals surface area contributed by atoms with E-state index in [4.69, 9.17) is 5.73 Å². The highest BCUT2D eigenvalue weighted by molar-refractivity contribution is 5.91. The van der Waals surface area contributed by atoms with Gasteiger partial charge in [0.1, 0.15) is 5.69 Å². The summed E-state index contributed by atoms with van der Waals surface area (Å²) < 4.78 is 1.43. The van der Waals surface area contributed by atoms with E-state index in [1.165, 1.54) is 10.9 Å². The van der Waals surface area contributed by atoms with E-state index in [1.807, 2.05) is 19.1 Å². The molecule has 0 atom stereocenters. The minimum Gasteiger partial charge on any atom is -0.364 e. The fraction of sp³-hybridized carbons (Fsp3) is 0.100. The summed E-state index contributed by atoms with van der Waals surface area (Å²) in [5.41, 5.74) is 6.39. The summed E-state index contributed by atoms with van der Waals surface area (Å²) in [7, 11) is 0. The smallest absolute Gasteiger partial charge is 0.267 e. The lowest BCUT2D eigenvalue weighted by atomic mass is 10.3. The number of aryl methyl sites for hydroxylation is 1. The van der Waals surface area contributed by atoms with E-state index in [9.17, 15) is 4.79 Å². The second-order valence-electron chi connectivity index (χ2n) is 3.13. The molecule has 0 aliphatic rings. The summed E-state index contributed by atoms with van der Waals surface area (Å²) in [5.74, 6) is 0.0737. The summed E-state index contributed by atoms with van der Waals surface area (Å²) in [5, 5.41) is 4.00. The van der Waals surface area contributed by atoms with E-state index < -0.39 is 5.91 Å². The van der Waals surface area contributed by atoms with Crippen LogP contribution in [0.3, 0.4) is 0 Å². The van der Waals surface area contributed by atoms with Gasteiger partial charge in [0.15, 0.2) is 5.82 Å². The van der Waals surface area contributed by atoms with Gasteiger partial charge in [-0.1, -0.05) is 6.07 Å². The zero-order valence-electron chi connectivity index (χ0n) is 8.21. The van der Waals surface area contributed by atoms with Crippen molar-refractivity contribution in [2.24, 2.45) is 5.73 Å². The van der Waals surface area contributed by atoms with Crippen LogP contribution < -0.4 is 5.73 Å². The van der Waals surface area contributed by atoms with Crippen LogP contribution in [0.2, 0.25) is 0 Å². The van der Waals surface area contributed by atoms with E-state index in [0.29, 0.717) is 11.5 Å². The molecule has 5 heteroatoms. The van der Waals surface area contributed by atoms with Crippen molar-refractivity contribution in [1.82, 2.24) is 14.8 Å². The average molecular weight is 202 g/mol. The number of rotatable bonds is 2. The Hall–Kier alpha value is -2.17. The molecule has 0 unspecified atom stereocenters. The molecule has 1 amide bonds. The van der Waals surface area contributed by atoms with Crippen LogP contribution in [-0.4, -0.2) is 20.7 Å². The number of carbonyl (C=O) groups is 1. The Morgan fingerprint density at radius 2 is 2.20 bits per heavy atom. The van der Waals surface area contributed by atoms with Crippen molar-refractivity contribution in [2.45, 2.75) is 6.92 Å². The predicted octanol–water partition coefficient (Wildman–Crippen LogP) is 0.675. The van der Waals surface area contributed by atoms with E-state index in [-0.39, 0.29) is 0 Å².